The van der Waals surface area contributed by atoms with Crippen LogP contribution in [0.3, 0.4) is 0 Å². The van der Waals surface area contributed by atoms with Crippen LogP contribution in [-0.4, -0.2) is 25.6 Å². The maximum atomic E-state index is 10.9. The molecule has 0 aliphatic heterocycles. The minimum Gasteiger partial charge on any atom is -0.478 e. The van der Waals surface area contributed by atoms with Gasteiger partial charge in [-0.2, -0.15) is 0 Å². The molecule has 8 heteroatoms. The van der Waals surface area contributed by atoms with Crippen LogP contribution < -0.4 is 0 Å². The van der Waals surface area contributed by atoms with Crippen molar-refractivity contribution in [1.82, 2.24) is 9.55 Å². The molecule has 7 nitrogen and oxygen atoms in total. The normalized spacial score (nSPS) is 10.4. The first-order valence-electron chi connectivity index (χ1n) is 5.16. The molecule has 0 bridgehead atoms. The number of nitro groups is 1. The molecule has 2 rings (SSSR count). The molecule has 19 heavy (non-hydrogen) atoms. The van der Waals surface area contributed by atoms with E-state index in [1.54, 1.807) is 19.2 Å². The van der Waals surface area contributed by atoms with Crippen molar-refractivity contribution in [3.05, 3.63) is 46.3 Å². The Morgan fingerprint density at radius 1 is 1.53 bits per heavy atom. The summed E-state index contributed by atoms with van der Waals surface area (Å²) in [5.41, 5.74) is 0.134. The molecule has 0 aliphatic carbocycles. The second kappa shape index (κ2) is 5.11. The van der Waals surface area contributed by atoms with Crippen molar-refractivity contribution >= 4 is 23.5 Å². The Morgan fingerprint density at radius 2 is 2.26 bits per heavy atom. The van der Waals surface area contributed by atoms with Gasteiger partial charge in [0.05, 0.1) is 5.56 Å². The van der Waals surface area contributed by atoms with Crippen LogP contribution in [0.4, 0.5) is 5.82 Å². The minimum atomic E-state index is -1.04. The van der Waals surface area contributed by atoms with Crippen molar-refractivity contribution in [2.45, 2.75) is 9.92 Å². The molecule has 0 saturated heterocycles. The molecule has 98 valence electrons. The van der Waals surface area contributed by atoms with E-state index in [2.05, 4.69) is 4.98 Å². The monoisotopic (exact) mass is 279 g/mol. The maximum absolute atomic E-state index is 10.9. The van der Waals surface area contributed by atoms with Gasteiger partial charge in [-0.25, -0.2) is 4.79 Å². The first kappa shape index (κ1) is 13.1. The van der Waals surface area contributed by atoms with E-state index >= 15 is 0 Å². The summed E-state index contributed by atoms with van der Waals surface area (Å²) in [6, 6.07) is 6.20. The first-order valence-corrected chi connectivity index (χ1v) is 5.97. The van der Waals surface area contributed by atoms with Crippen LogP contribution in [0.15, 0.2) is 40.5 Å². The number of aromatic nitrogens is 2. The highest BCUT2D eigenvalue weighted by atomic mass is 32.2. The van der Waals surface area contributed by atoms with Gasteiger partial charge in [0.2, 0.25) is 6.33 Å². The summed E-state index contributed by atoms with van der Waals surface area (Å²) < 4.78 is 1.52. The number of benzene rings is 1. The third-order valence-electron chi connectivity index (χ3n) is 2.33. The molecule has 2 aromatic rings. The average Bonchev–Trinajstić information content (AvgIpc) is 2.71. The Hall–Kier alpha value is -2.35. The van der Waals surface area contributed by atoms with Crippen molar-refractivity contribution in [2.75, 3.05) is 0 Å². The summed E-state index contributed by atoms with van der Waals surface area (Å²) in [5, 5.41) is 20.1. The molecule has 0 saturated carbocycles. The van der Waals surface area contributed by atoms with E-state index in [4.69, 9.17) is 5.11 Å². The number of rotatable bonds is 4. The van der Waals surface area contributed by atoms with Gasteiger partial charge < -0.3 is 19.8 Å². The molecule has 0 aliphatic rings. The van der Waals surface area contributed by atoms with Crippen LogP contribution in [0.5, 0.6) is 0 Å². The fourth-order valence-corrected chi connectivity index (χ4v) is 2.42. The maximum Gasteiger partial charge on any atom is 0.396 e. The quantitative estimate of drug-likeness (QED) is 0.680. The minimum absolute atomic E-state index is 0.134. The highest BCUT2D eigenvalue weighted by Gasteiger charge is 2.21. The lowest BCUT2D eigenvalue weighted by Crippen LogP contribution is -1.96. The predicted octanol–water partition coefficient (Wildman–Crippen LogP) is 2.18. The molecule has 0 fully saturated rings. The van der Waals surface area contributed by atoms with Gasteiger partial charge in [0.1, 0.15) is 0 Å². The van der Waals surface area contributed by atoms with Crippen molar-refractivity contribution in [2.24, 2.45) is 7.05 Å². The average molecular weight is 279 g/mol. The molecule has 0 atom stereocenters. The molecular formula is C11H9N3O4S. The topological polar surface area (TPSA) is 98.3 Å². The van der Waals surface area contributed by atoms with Crippen molar-refractivity contribution in [3.8, 4) is 0 Å². The third kappa shape index (κ3) is 2.74. The van der Waals surface area contributed by atoms with Gasteiger partial charge in [0.15, 0.2) is 5.03 Å². The number of carboxylic acids is 1. The van der Waals surface area contributed by atoms with Gasteiger partial charge in [0, 0.05) is 11.9 Å². The van der Waals surface area contributed by atoms with Crippen LogP contribution >= 0.6 is 11.8 Å². The third-order valence-corrected chi connectivity index (χ3v) is 3.49. The molecule has 0 spiro atoms. The fourth-order valence-electron chi connectivity index (χ4n) is 1.45. The van der Waals surface area contributed by atoms with E-state index in [0.717, 1.165) is 11.8 Å². The van der Waals surface area contributed by atoms with E-state index in [-0.39, 0.29) is 11.4 Å². The van der Waals surface area contributed by atoms with Crippen LogP contribution in [0, 0.1) is 10.1 Å². The molecule has 1 aromatic carbocycles. The van der Waals surface area contributed by atoms with Crippen LogP contribution in [-0.2, 0) is 7.05 Å². The van der Waals surface area contributed by atoms with Crippen LogP contribution in [0.2, 0.25) is 0 Å². The van der Waals surface area contributed by atoms with Gasteiger partial charge in [-0.05, 0) is 28.1 Å². The molecule has 1 aromatic heterocycles. The lowest BCUT2D eigenvalue weighted by atomic mass is 10.2. The highest BCUT2D eigenvalue weighted by molar-refractivity contribution is 7.99. The number of carbonyl (C=O) groups is 1. The lowest BCUT2D eigenvalue weighted by Gasteiger charge is -2.03. The zero-order valence-electron chi connectivity index (χ0n) is 9.81. The first-order chi connectivity index (χ1) is 8.99. The van der Waals surface area contributed by atoms with Crippen molar-refractivity contribution < 1.29 is 14.8 Å². The lowest BCUT2D eigenvalue weighted by molar-refractivity contribution is -0.392. The SMILES string of the molecule is Cn1cnc([N+](=O)[O-])c1Sc1cccc(C(=O)O)c1. The Morgan fingerprint density at radius 3 is 2.89 bits per heavy atom. The van der Waals surface area contributed by atoms with Gasteiger partial charge in [-0.3, -0.25) is 0 Å². The molecule has 1 heterocycles. The Labute approximate surface area is 112 Å². The Bertz CT molecular complexity index is 653. The van der Waals surface area contributed by atoms with Gasteiger partial charge in [0.25, 0.3) is 0 Å². The molecule has 0 radical (unpaired) electrons. The zero-order valence-corrected chi connectivity index (χ0v) is 10.6. The van der Waals surface area contributed by atoms with E-state index in [1.165, 1.54) is 23.0 Å². The van der Waals surface area contributed by atoms with Crippen molar-refractivity contribution in [3.63, 3.8) is 0 Å². The summed E-state index contributed by atoms with van der Waals surface area (Å²) in [5.74, 6) is -1.28. The van der Waals surface area contributed by atoms with E-state index in [9.17, 15) is 14.9 Å². The van der Waals surface area contributed by atoms with Crippen molar-refractivity contribution in [1.29, 1.82) is 0 Å². The van der Waals surface area contributed by atoms with E-state index in [1.807, 2.05) is 0 Å². The Balaban J connectivity index is 2.36. The van der Waals surface area contributed by atoms with E-state index < -0.39 is 10.9 Å². The number of carboxylic acid groups (broad SMARTS) is 1. The van der Waals surface area contributed by atoms with Gasteiger partial charge in [-0.15, -0.1) is 0 Å². The van der Waals surface area contributed by atoms with Gasteiger partial charge in [-0.1, -0.05) is 17.8 Å². The number of hydrogen-bond donors (Lipinski definition) is 1. The number of aromatic carboxylic acids is 1. The van der Waals surface area contributed by atoms with Crippen LogP contribution in [0.1, 0.15) is 10.4 Å². The number of nitrogens with zero attached hydrogens (tertiary/aromatic N) is 3. The second-order valence-corrected chi connectivity index (χ2v) is 4.74. The smallest absolute Gasteiger partial charge is 0.396 e. The predicted molar refractivity (Wildman–Crippen MR) is 67.4 cm³/mol. The standard InChI is InChI=1S/C11H9N3O4S/c1-13-6-12-9(14(17)18)10(13)19-8-4-2-3-7(5-8)11(15)16/h2-6H,1H3,(H,15,16). The zero-order chi connectivity index (χ0) is 14.0. The summed E-state index contributed by atoms with van der Waals surface area (Å²) in [6.45, 7) is 0. The molecule has 1 N–H and O–H groups in total. The molecule has 0 unspecified atom stereocenters. The molecular weight excluding hydrogens is 270 g/mol. The Kier molecular flexibility index (Phi) is 3.52. The van der Waals surface area contributed by atoms with Gasteiger partial charge >= 0.3 is 11.8 Å². The summed E-state index contributed by atoms with van der Waals surface area (Å²) in [6.07, 6.45) is 1.35. The van der Waals surface area contributed by atoms with E-state index in [0.29, 0.717) is 9.92 Å². The summed E-state index contributed by atoms with van der Waals surface area (Å²) in [7, 11) is 1.64. The fraction of sp³-hybridized carbons (Fsp3) is 0.0909. The molecule has 0 amide bonds. The number of imidazole rings is 1. The van der Waals surface area contributed by atoms with Crippen LogP contribution in [0.25, 0.3) is 0 Å². The summed E-state index contributed by atoms with van der Waals surface area (Å²) >= 11 is 1.10. The second-order valence-electron chi connectivity index (χ2n) is 3.68. The number of aryl methyl sites for hydroxylation is 1. The number of hydrogen-bond acceptors (Lipinski definition) is 5. The summed E-state index contributed by atoms with van der Waals surface area (Å²) in [4.78, 5) is 25.4. The largest absolute Gasteiger partial charge is 0.478 e. The highest BCUT2D eigenvalue weighted by Crippen LogP contribution is 2.33.